The summed E-state index contributed by atoms with van der Waals surface area (Å²) in [4.78, 5) is 0. The van der Waals surface area contributed by atoms with Crippen molar-refractivity contribution in [2.24, 2.45) is 0 Å². The van der Waals surface area contributed by atoms with E-state index in [-0.39, 0.29) is 11.6 Å². The van der Waals surface area contributed by atoms with Crippen LogP contribution in [-0.4, -0.2) is 25.8 Å². The van der Waals surface area contributed by atoms with Gasteiger partial charge in [-0.3, -0.25) is 0 Å². The molecule has 2 rings (SSSR count). The van der Waals surface area contributed by atoms with Gasteiger partial charge in [0.2, 0.25) is 0 Å². The number of ether oxygens (including phenoxy) is 2. The first-order chi connectivity index (χ1) is 8.02. The Kier molecular flexibility index (Phi) is 3.61. The SMILES string of the molecule is COc1ccc(Cl)cc1C1CNC(C)(C)CO1. The van der Waals surface area contributed by atoms with Gasteiger partial charge in [0.05, 0.1) is 19.8 Å². The minimum Gasteiger partial charge on any atom is -0.496 e. The van der Waals surface area contributed by atoms with E-state index in [1.54, 1.807) is 7.11 Å². The van der Waals surface area contributed by atoms with E-state index in [2.05, 4.69) is 19.2 Å². The topological polar surface area (TPSA) is 30.5 Å². The maximum Gasteiger partial charge on any atom is 0.124 e. The molecule has 17 heavy (non-hydrogen) atoms. The lowest BCUT2D eigenvalue weighted by Gasteiger charge is -2.36. The van der Waals surface area contributed by atoms with E-state index in [1.807, 2.05) is 18.2 Å². The Labute approximate surface area is 107 Å². The van der Waals surface area contributed by atoms with Crippen molar-refractivity contribution in [3.8, 4) is 5.75 Å². The smallest absolute Gasteiger partial charge is 0.124 e. The number of hydrogen-bond donors (Lipinski definition) is 1. The monoisotopic (exact) mass is 255 g/mol. The lowest BCUT2D eigenvalue weighted by atomic mass is 10.0. The van der Waals surface area contributed by atoms with E-state index in [9.17, 15) is 0 Å². The van der Waals surface area contributed by atoms with Gasteiger partial charge in [-0.15, -0.1) is 0 Å². The lowest BCUT2D eigenvalue weighted by Crippen LogP contribution is -2.50. The minimum absolute atomic E-state index is 0.00308. The summed E-state index contributed by atoms with van der Waals surface area (Å²) in [6.45, 7) is 5.69. The molecular weight excluding hydrogens is 238 g/mol. The molecule has 1 aliphatic heterocycles. The van der Waals surface area contributed by atoms with Crippen molar-refractivity contribution in [3.05, 3.63) is 28.8 Å². The second-order valence-corrected chi connectivity index (χ2v) is 5.39. The Hall–Kier alpha value is -0.770. The lowest BCUT2D eigenvalue weighted by molar-refractivity contribution is -0.0238. The largest absolute Gasteiger partial charge is 0.496 e. The molecule has 3 nitrogen and oxygen atoms in total. The normalized spacial score (nSPS) is 23.4. The van der Waals surface area contributed by atoms with Crippen LogP contribution in [0, 0.1) is 0 Å². The van der Waals surface area contributed by atoms with Gasteiger partial charge in [0, 0.05) is 22.7 Å². The van der Waals surface area contributed by atoms with Gasteiger partial charge in [0.15, 0.2) is 0 Å². The summed E-state index contributed by atoms with van der Waals surface area (Å²) in [5.41, 5.74) is 1.03. The molecule has 1 aromatic carbocycles. The molecular formula is C13H18ClNO2. The average molecular weight is 256 g/mol. The van der Waals surface area contributed by atoms with Gasteiger partial charge in [-0.25, -0.2) is 0 Å². The first-order valence-corrected chi connectivity index (χ1v) is 6.10. The number of hydrogen-bond acceptors (Lipinski definition) is 3. The standard InChI is InChI=1S/C13H18ClNO2/c1-13(2)8-17-12(7-15-13)10-6-9(14)4-5-11(10)16-3/h4-6,12,15H,7-8H2,1-3H3. The predicted molar refractivity (Wildman–Crippen MR) is 68.8 cm³/mol. The first kappa shape index (κ1) is 12.7. The van der Waals surface area contributed by atoms with Crippen LogP contribution in [0.15, 0.2) is 18.2 Å². The van der Waals surface area contributed by atoms with Crippen molar-refractivity contribution in [1.29, 1.82) is 0 Å². The van der Waals surface area contributed by atoms with Gasteiger partial charge in [-0.2, -0.15) is 0 Å². The highest BCUT2D eigenvalue weighted by Crippen LogP contribution is 2.32. The highest BCUT2D eigenvalue weighted by molar-refractivity contribution is 6.30. The molecule has 1 aromatic rings. The summed E-state index contributed by atoms with van der Waals surface area (Å²) in [6, 6.07) is 5.61. The molecule has 0 aliphatic carbocycles. The Bertz CT molecular complexity index is 396. The zero-order valence-electron chi connectivity index (χ0n) is 10.4. The number of methoxy groups -OCH3 is 1. The third kappa shape index (κ3) is 2.92. The molecule has 1 aliphatic rings. The Morgan fingerprint density at radius 3 is 2.82 bits per heavy atom. The quantitative estimate of drug-likeness (QED) is 0.882. The summed E-state index contributed by atoms with van der Waals surface area (Å²) in [6.07, 6.45) is -0.00308. The first-order valence-electron chi connectivity index (χ1n) is 5.72. The van der Waals surface area contributed by atoms with E-state index in [0.29, 0.717) is 11.6 Å². The molecule has 4 heteroatoms. The fraction of sp³-hybridized carbons (Fsp3) is 0.538. The average Bonchev–Trinajstić information content (AvgIpc) is 2.29. The van der Waals surface area contributed by atoms with Gasteiger partial charge in [0.1, 0.15) is 5.75 Å². The summed E-state index contributed by atoms with van der Waals surface area (Å²) in [5, 5.41) is 4.16. The third-order valence-electron chi connectivity index (χ3n) is 2.95. The molecule has 94 valence electrons. The van der Waals surface area contributed by atoms with Crippen LogP contribution in [0.5, 0.6) is 5.75 Å². The van der Waals surface area contributed by atoms with Crippen LogP contribution in [0.2, 0.25) is 5.02 Å². The van der Waals surface area contributed by atoms with Crippen LogP contribution in [0.3, 0.4) is 0 Å². The Morgan fingerprint density at radius 1 is 1.47 bits per heavy atom. The van der Waals surface area contributed by atoms with Gasteiger partial charge < -0.3 is 14.8 Å². The van der Waals surface area contributed by atoms with Crippen LogP contribution in [0.25, 0.3) is 0 Å². The molecule has 0 spiro atoms. The minimum atomic E-state index is -0.00308. The molecule has 0 bridgehead atoms. The van der Waals surface area contributed by atoms with E-state index in [0.717, 1.165) is 17.9 Å². The molecule has 1 N–H and O–H groups in total. The zero-order chi connectivity index (χ0) is 12.5. The Morgan fingerprint density at radius 2 is 2.24 bits per heavy atom. The maximum absolute atomic E-state index is 6.02. The number of morpholine rings is 1. The fourth-order valence-corrected chi connectivity index (χ4v) is 2.12. The Balaban J connectivity index is 2.20. The van der Waals surface area contributed by atoms with Gasteiger partial charge >= 0.3 is 0 Å². The van der Waals surface area contributed by atoms with Crippen molar-refractivity contribution in [3.63, 3.8) is 0 Å². The molecule has 1 unspecified atom stereocenters. The molecule has 0 saturated carbocycles. The number of nitrogens with one attached hydrogen (secondary N) is 1. The van der Waals surface area contributed by atoms with E-state index in [4.69, 9.17) is 21.1 Å². The van der Waals surface area contributed by atoms with Gasteiger partial charge in [0.25, 0.3) is 0 Å². The zero-order valence-corrected chi connectivity index (χ0v) is 11.2. The van der Waals surface area contributed by atoms with Crippen LogP contribution in [0.4, 0.5) is 0 Å². The van der Waals surface area contributed by atoms with Crippen molar-refractivity contribution < 1.29 is 9.47 Å². The summed E-state index contributed by atoms with van der Waals surface area (Å²) in [7, 11) is 1.66. The van der Waals surface area contributed by atoms with Gasteiger partial charge in [-0.1, -0.05) is 11.6 Å². The van der Waals surface area contributed by atoms with Crippen LogP contribution in [0.1, 0.15) is 25.5 Å². The van der Waals surface area contributed by atoms with Gasteiger partial charge in [-0.05, 0) is 32.0 Å². The molecule has 1 atom stereocenters. The third-order valence-corrected chi connectivity index (χ3v) is 3.19. The van der Waals surface area contributed by atoms with Crippen molar-refractivity contribution in [2.75, 3.05) is 20.3 Å². The molecule has 1 saturated heterocycles. The molecule has 1 heterocycles. The van der Waals surface area contributed by atoms with Crippen LogP contribution >= 0.6 is 11.6 Å². The number of benzene rings is 1. The highest BCUT2D eigenvalue weighted by Gasteiger charge is 2.29. The van der Waals surface area contributed by atoms with Crippen molar-refractivity contribution >= 4 is 11.6 Å². The second kappa shape index (κ2) is 4.84. The van der Waals surface area contributed by atoms with Crippen molar-refractivity contribution in [2.45, 2.75) is 25.5 Å². The summed E-state index contributed by atoms with van der Waals surface area (Å²) < 4.78 is 11.2. The molecule has 0 amide bonds. The summed E-state index contributed by atoms with van der Waals surface area (Å²) in [5.74, 6) is 0.820. The van der Waals surface area contributed by atoms with Crippen LogP contribution < -0.4 is 10.1 Å². The van der Waals surface area contributed by atoms with E-state index in [1.165, 1.54) is 0 Å². The van der Waals surface area contributed by atoms with E-state index < -0.39 is 0 Å². The fourth-order valence-electron chi connectivity index (χ4n) is 1.94. The number of rotatable bonds is 2. The maximum atomic E-state index is 6.02. The molecule has 0 radical (unpaired) electrons. The molecule has 0 aromatic heterocycles. The second-order valence-electron chi connectivity index (χ2n) is 4.95. The highest BCUT2D eigenvalue weighted by atomic mass is 35.5. The van der Waals surface area contributed by atoms with E-state index >= 15 is 0 Å². The molecule has 1 fully saturated rings. The van der Waals surface area contributed by atoms with Crippen molar-refractivity contribution in [1.82, 2.24) is 5.32 Å². The van der Waals surface area contributed by atoms with Crippen LogP contribution in [-0.2, 0) is 4.74 Å². The predicted octanol–water partition coefficient (Wildman–Crippen LogP) is 2.79. The summed E-state index contributed by atoms with van der Waals surface area (Å²) >= 11 is 6.02. The number of halogens is 1.